The third-order valence-corrected chi connectivity index (χ3v) is 9.96. The van der Waals surface area contributed by atoms with Crippen molar-refractivity contribution >= 4 is 31.7 Å². The van der Waals surface area contributed by atoms with Gasteiger partial charge in [0.05, 0.1) is 11.5 Å². The van der Waals surface area contributed by atoms with Gasteiger partial charge in [-0.05, 0) is 50.3 Å². The molecule has 0 aliphatic rings. The van der Waals surface area contributed by atoms with Crippen LogP contribution < -0.4 is 5.32 Å². The van der Waals surface area contributed by atoms with Crippen LogP contribution in [0.1, 0.15) is 53.3 Å². The number of rotatable bonds is 6. The Morgan fingerprint density at radius 2 is 1.77 bits per heavy atom. The van der Waals surface area contributed by atoms with Gasteiger partial charge in [0, 0.05) is 6.92 Å². The quantitative estimate of drug-likeness (QED) is 0.375. The minimum Gasteiger partial charge on any atom is -0.462 e. The molecule has 1 heterocycles. The maximum absolute atomic E-state index is 12.6. The molecule has 0 radical (unpaired) electrons. The molecule has 0 aliphatic carbocycles. The first kappa shape index (κ1) is 26.2. The van der Waals surface area contributed by atoms with Gasteiger partial charge in [0.25, 0.3) is 0 Å². The second kappa shape index (κ2) is 9.99. The highest BCUT2D eigenvalue weighted by molar-refractivity contribution is 7.10. The van der Waals surface area contributed by atoms with Crippen molar-refractivity contribution in [2.24, 2.45) is 0 Å². The van der Waals surface area contributed by atoms with Crippen molar-refractivity contribution in [1.82, 2.24) is 5.32 Å². The molecule has 0 aromatic carbocycles. The van der Waals surface area contributed by atoms with E-state index in [2.05, 4.69) is 51.0 Å². The molecule has 1 aromatic rings. The van der Waals surface area contributed by atoms with Gasteiger partial charge in [-0.3, -0.25) is 10.1 Å². The minimum atomic E-state index is -2.16. The Balaban J connectivity index is 3.30. The second-order valence-corrected chi connectivity index (χ2v) is 15.5. The van der Waals surface area contributed by atoms with Crippen molar-refractivity contribution in [3.8, 4) is 11.8 Å². The zero-order valence-corrected chi connectivity index (χ0v) is 21.4. The van der Waals surface area contributed by atoms with Crippen molar-refractivity contribution in [3.63, 3.8) is 0 Å². The Morgan fingerprint density at radius 3 is 2.23 bits per heavy atom. The predicted octanol–water partition coefficient (Wildman–Crippen LogP) is 4.95. The van der Waals surface area contributed by atoms with Crippen molar-refractivity contribution in [3.05, 3.63) is 22.4 Å². The first-order valence-corrected chi connectivity index (χ1v) is 13.7. The minimum absolute atomic E-state index is 0.0345. The summed E-state index contributed by atoms with van der Waals surface area (Å²) in [6.45, 7) is 17.2. The largest absolute Gasteiger partial charge is 0.462 e. The highest BCUT2D eigenvalue weighted by Crippen LogP contribution is 2.37. The zero-order valence-electron chi connectivity index (χ0n) is 19.6. The maximum Gasteiger partial charge on any atom is 0.409 e. The van der Waals surface area contributed by atoms with Crippen LogP contribution in [0.5, 0.6) is 0 Å². The highest BCUT2D eigenvalue weighted by Gasteiger charge is 2.42. The molecule has 1 aromatic heterocycles. The molecule has 0 saturated heterocycles. The van der Waals surface area contributed by atoms with Crippen LogP contribution in [-0.4, -0.2) is 44.7 Å². The fourth-order valence-corrected chi connectivity index (χ4v) is 3.60. The topological polar surface area (TPSA) is 73.9 Å². The van der Waals surface area contributed by atoms with E-state index in [9.17, 15) is 9.59 Å². The number of hydrogen-bond donors (Lipinski definition) is 1. The molecule has 0 unspecified atom stereocenters. The summed E-state index contributed by atoms with van der Waals surface area (Å²) in [4.78, 5) is 25.0. The molecule has 8 heteroatoms. The molecule has 1 rings (SSSR count). The Morgan fingerprint density at radius 1 is 1.13 bits per heavy atom. The van der Waals surface area contributed by atoms with Crippen molar-refractivity contribution in [1.29, 1.82) is 0 Å². The van der Waals surface area contributed by atoms with E-state index in [1.807, 2.05) is 17.5 Å². The Bertz CT molecular complexity index is 781. The second-order valence-electron chi connectivity index (χ2n) is 9.77. The number of alkyl carbamates (subject to hydrolysis) is 1. The Hall–Kier alpha value is -1.82. The van der Waals surface area contributed by atoms with Crippen LogP contribution in [0.4, 0.5) is 4.79 Å². The summed E-state index contributed by atoms with van der Waals surface area (Å²) in [5, 5.41) is 4.71. The zero-order chi connectivity index (χ0) is 23.2. The third kappa shape index (κ3) is 8.90. The molecular weight excluding hydrogens is 418 g/mol. The number of carbonyl (C=O) groups is 2. The Kier molecular flexibility index (Phi) is 8.73. The van der Waals surface area contributed by atoms with Gasteiger partial charge in [0.15, 0.2) is 13.9 Å². The summed E-state index contributed by atoms with van der Waals surface area (Å²) < 4.78 is 17.1. The summed E-state index contributed by atoms with van der Waals surface area (Å²) in [7, 11) is -2.16. The van der Waals surface area contributed by atoms with E-state index in [4.69, 9.17) is 13.9 Å². The number of carbonyl (C=O) groups excluding carboxylic acids is 2. The molecule has 30 heavy (non-hydrogen) atoms. The SMILES string of the molecule is CC(=O)OC[C@](C#Cc1cccs1)(CO[Si](C)(C)C(C)(C)C)NC(=O)OC(C)(C)C. The average molecular weight is 454 g/mol. The van der Waals surface area contributed by atoms with Crippen LogP contribution in [0.2, 0.25) is 18.1 Å². The lowest BCUT2D eigenvalue weighted by Gasteiger charge is -2.39. The lowest BCUT2D eigenvalue weighted by molar-refractivity contribution is -0.142. The number of thiophene rings is 1. The lowest BCUT2D eigenvalue weighted by atomic mass is 10.0. The average Bonchev–Trinajstić information content (AvgIpc) is 3.07. The van der Waals surface area contributed by atoms with Gasteiger partial charge >= 0.3 is 12.1 Å². The summed E-state index contributed by atoms with van der Waals surface area (Å²) in [5.74, 6) is 5.71. The number of hydrogen-bond acceptors (Lipinski definition) is 6. The summed E-state index contributed by atoms with van der Waals surface area (Å²) in [5.41, 5.74) is -1.92. The van der Waals surface area contributed by atoms with E-state index in [0.29, 0.717) is 0 Å². The van der Waals surface area contributed by atoms with Gasteiger partial charge in [-0.2, -0.15) is 0 Å². The lowest BCUT2D eigenvalue weighted by Crippen LogP contribution is -2.58. The van der Waals surface area contributed by atoms with Crippen LogP contribution in [0.15, 0.2) is 17.5 Å². The summed E-state index contributed by atoms with van der Waals surface area (Å²) >= 11 is 1.49. The first-order valence-electron chi connectivity index (χ1n) is 9.90. The van der Waals surface area contributed by atoms with Crippen molar-refractivity contribution < 1.29 is 23.5 Å². The first-order chi connectivity index (χ1) is 13.6. The molecule has 0 spiro atoms. The summed E-state index contributed by atoms with van der Waals surface area (Å²) in [6, 6.07) is 3.78. The molecule has 1 amide bonds. The number of ether oxygens (including phenoxy) is 2. The van der Waals surface area contributed by atoms with Crippen LogP contribution in [-0.2, 0) is 18.7 Å². The van der Waals surface area contributed by atoms with E-state index in [1.165, 1.54) is 18.3 Å². The monoisotopic (exact) mass is 453 g/mol. The van der Waals surface area contributed by atoms with Crippen LogP contribution in [0, 0.1) is 11.8 Å². The molecule has 168 valence electrons. The van der Waals surface area contributed by atoms with E-state index >= 15 is 0 Å². The van der Waals surface area contributed by atoms with Crippen molar-refractivity contribution in [2.75, 3.05) is 13.2 Å². The molecule has 0 fully saturated rings. The highest BCUT2D eigenvalue weighted by atomic mass is 32.1. The van der Waals surface area contributed by atoms with Gasteiger partial charge in [0.2, 0.25) is 0 Å². The van der Waals surface area contributed by atoms with Gasteiger partial charge in [-0.1, -0.05) is 38.7 Å². The normalized spacial score (nSPS) is 14.2. The van der Waals surface area contributed by atoms with Gasteiger partial charge in [-0.15, -0.1) is 11.3 Å². The predicted molar refractivity (Wildman–Crippen MR) is 123 cm³/mol. The maximum atomic E-state index is 12.6. The molecular formula is C22H35NO5SSi. The smallest absolute Gasteiger partial charge is 0.409 e. The van der Waals surface area contributed by atoms with Crippen LogP contribution >= 0.6 is 11.3 Å². The molecule has 0 bridgehead atoms. The fourth-order valence-electron chi connectivity index (χ4n) is 1.99. The van der Waals surface area contributed by atoms with E-state index in [0.717, 1.165) is 4.88 Å². The number of nitrogens with one attached hydrogen (secondary N) is 1. The summed E-state index contributed by atoms with van der Waals surface area (Å²) in [6.07, 6.45) is -0.644. The van der Waals surface area contributed by atoms with Crippen LogP contribution in [0.25, 0.3) is 0 Å². The third-order valence-electron chi connectivity index (χ3n) is 4.69. The van der Waals surface area contributed by atoms with E-state index in [-0.39, 0.29) is 18.3 Å². The Labute approximate surface area is 185 Å². The molecule has 1 N–H and O–H groups in total. The van der Waals surface area contributed by atoms with Gasteiger partial charge < -0.3 is 13.9 Å². The van der Waals surface area contributed by atoms with E-state index < -0.39 is 31.5 Å². The van der Waals surface area contributed by atoms with Crippen LogP contribution in [0.3, 0.4) is 0 Å². The number of esters is 1. The van der Waals surface area contributed by atoms with Crippen molar-refractivity contribution in [2.45, 2.75) is 77.7 Å². The number of amides is 1. The van der Waals surface area contributed by atoms with Gasteiger partial charge in [-0.25, -0.2) is 4.79 Å². The molecule has 0 aliphatic heterocycles. The molecule has 1 atom stereocenters. The standard InChI is InChI=1S/C22H35NO5SSi/c1-17(24)26-15-22(13-12-18-11-10-14-29-18,23-19(25)28-20(2,3)4)16-27-30(8,9)21(5,6)7/h10-11,14H,15-16H2,1-9H3,(H,23,25)/t22-/m1/s1. The molecule has 0 saturated carbocycles. The van der Waals surface area contributed by atoms with Gasteiger partial charge in [0.1, 0.15) is 12.2 Å². The molecule has 6 nitrogen and oxygen atoms in total. The van der Waals surface area contributed by atoms with E-state index in [1.54, 1.807) is 20.8 Å². The fraction of sp³-hybridized carbons (Fsp3) is 0.636.